The molecule has 2 aromatic carbocycles. The number of hydrogen-bond donors (Lipinski definition) is 2. The van der Waals surface area contributed by atoms with Gasteiger partial charge in [0.05, 0.1) is 7.11 Å². The molecule has 128 valence electrons. The third-order valence-corrected chi connectivity index (χ3v) is 3.82. The van der Waals surface area contributed by atoms with Gasteiger partial charge in [-0.1, -0.05) is 31.2 Å². The zero-order valence-electron chi connectivity index (χ0n) is 14.5. The molecule has 1 amide bonds. The van der Waals surface area contributed by atoms with Gasteiger partial charge in [0.25, 0.3) is 0 Å². The van der Waals surface area contributed by atoms with E-state index in [-0.39, 0.29) is 5.91 Å². The smallest absolute Gasteiger partial charge is 0.224 e. The Balaban J connectivity index is 1.76. The average Bonchev–Trinajstić information content (AvgIpc) is 2.61. The van der Waals surface area contributed by atoms with E-state index in [1.54, 1.807) is 7.11 Å². The van der Waals surface area contributed by atoms with Crippen molar-refractivity contribution in [2.45, 2.75) is 32.7 Å². The zero-order chi connectivity index (χ0) is 17.2. The second-order valence-electron chi connectivity index (χ2n) is 5.73. The standard InChI is InChI=1S/C20H26N2O2/c1-3-21-15-17-7-4-8-18(14-17)22-20(23)9-5-6-16-10-12-19(24-2)13-11-16/h4,7-8,10-14,21H,3,5-6,9,15H2,1-2H3,(H,22,23). The maximum Gasteiger partial charge on any atom is 0.224 e. The molecule has 0 unspecified atom stereocenters. The molecule has 2 aromatic rings. The Kier molecular flexibility index (Phi) is 7.30. The molecular weight excluding hydrogens is 300 g/mol. The molecule has 24 heavy (non-hydrogen) atoms. The minimum absolute atomic E-state index is 0.0594. The van der Waals surface area contributed by atoms with Crippen molar-refractivity contribution in [2.75, 3.05) is 19.0 Å². The normalized spacial score (nSPS) is 10.4. The van der Waals surface area contributed by atoms with Crippen LogP contribution < -0.4 is 15.4 Å². The fourth-order valence-corrected chi connectivity index (χ4v) is 2.50. The van der Waals surface area contributed by atoms with Gasteiger partial charge in [-0.3, -0.25) is 4.79 Å². The van der Waals surface area contributed by atoms with Crippen LogP contribution in [0.4, 0.5) is 5.69 Å². The van der Waals surface area contributed by atoms with E-state index in [0.717, 1.165) is 37.4 Å². The molecule has 2 rings (SSSR count). The Labute approximate surface area is 144 Å². The van der Waals surface area contributed by atoms with Crippen LogP contribution in [0.25, 0.3) is 0 Å². The van der Waals surface area contributed by atoms with Crippen LogP contribution in [0.3, 0.4) is 0 Å². The minimum Gasteiger partial charge on any atom is -0.497 e. The Morgan fingerprint density at radius 3 is 2.58 bits per heavy atom. The molecule has 4 heteroatoms. The monoisotopic (exact) mass is 326 g/mol. The predicted molar refractivity (Wildman–Crippen MR) is 98.4 cm³/mol. The molecule has 2 N–H and O–H groups in total. The molecule has 0 aliphatic heterocycles. The molecule has 0 spiro atoms. The van der Waals surface area contributed by atoms with Gasteiger partial charge < -0.3 is 15.4 Å². The summed E-state index contributed by atoms with van der Waals surface area (Å²) in [6, 6.07) is 16.0. The molecule has 0 saturated carbocycles. The van der Waals surface area contributed by atoms with E-state index < -0.39 is 0 Å². The fraction of sp³-hybridized carbons (Fsp3) is 0.350. The molecule has 0 bridgehead atoms. The lowest BCUT2D eigenvalue weighted by Gasteiger charge is -2.08. The summed E-state index contributed by atoms with van der Waals surface area (Å²) in [5, 5.41) is 6.26. The van der Waals surface area contributed by atoms with Crippen LogP contribution in [0, 0.1) is 0 Å². The van der Waals surface area contributed by atoms with Gasteiger partial charge in [-0.25, -0.2) is 0 Å². The maximum atomic E-state index is 12.1. The van der Waals surface area contributed by atoms with Crippen LogP contribution in [-0.4, -0.2) is 19.6 Å². The molecule has 0 aliphatic carbocycles. The largest absolute Gasteiger partial charge is 0.497 e. The quantitative estimate of drug-likeness (QED) is 0.737. The summed E-state index contributed by atoms with van der Waals surface area (Å²) in [6.45, 7) is 3.83. The van der Waals surface area contributed by atoms with E-state index in [4.69, 9.17) is 4.74 Å². The van der Waals surface area contributed by atoms with Gasteiger partial charge in [-0.05, 0) is 54.8 Å². The number of benzene rings is 2. The van der Waals surface area contributed by atoms with Gasteiger partial charge in [-0.15, -0.1) is 0 Å². The molecule has 0 aliphatic rings. The third kappa shape index (κ3) is 6.05. The molecule has 0 atom stereocenters. The molecule has 0 radical (unpaired) electrons. The summed E-state index contributed by atoms with van der Waals surface area (Å²) in [4.78, 5) is 12.1. The van der Waals surface area contributed by atoms with Crippen LogP contribution in [0.1, 0.15) is 30.9 Å². The second-order valence-corrected chi connectivity index (χ2v) is 5.73. The number of ether oxygens (including phenoxy) is 1. The number of hydrogen-bond acceptors (Lipinski definition) is 3. The molecule has 0 aromatic heterocycles. The third-order valence-electron chi connectivity index (χ3n) is 3.82. The lowest BCUT2D eigenvalue weighted by Crippen LogP contribution is -2.14. The van der Waals surface area contributed by atoms with Crippen molar-refractivity contribution in [1.82, 2.24) is 5.32 Å². The molecule has 0 saturated heterocycles. The number of nitrogens with one attached hydrogen (secondary N) is 2. The van der Waals surface area contributed by atoms with E-state index in [0.29, 0.717) is 6.42 Å². The Morgan fingerprint density at radius 2 is 1.88 bits per heavy atom. The van der Waals surface area contributed by atoms with Crippen LogP contribution >= 0.6 is 0 Å². The van der Waals surface area contributed by atoms with Crippen molar-refractivity contribution in [1.29, 1.82) is 0 Å². The highest BCUT2D eigenvalue weighted by molar-refractivity contribution is 5.90. The van der Waals surface area contributed by atoms with Crippen molar-refractivity contribution in [3.63, 3.8) is 0 Å². The van der Waals surface area contributed by atoms with Gasteiger partial charge in [0.1, 0.15) is 5.75 Å². The minimum atomic E-state index is 0.0594. The van der Waals surface area contributed by atoms with E-state index in [1.165, 1.54) is 11.1 Å². The first-order chi connectivity index (χ1) is 11.7. The van der Waals surface area contributed by atoms with Crippen LogP contribution in [0.15, 0.2) is 48.5 Å². The highest BCUT2D eigenvalue weighted by atomic mass is 16.5. The van der Waals surface area contributed by atoms with Crippen molar-refractivity contribution >= 4 is 11.6 Å². The average molecular weight is 326 g/mol. The maximum absolute atomic E-state index is 12.1. The molecule has 4 nitrogen and oxygen atoms in total. The molecular formula is C20H26N2O2. The lowest BCUT2D eigenvalue weighted by atomic mass is 10.1. The Hall–Kier alpha value is -2.33. The van der Waals surface area contributed by atoms with Gasteiger partial charge in [0.2, 0.25) is 5.91 Å². The van der Waals surface area contributed by atoms with Gasteiger partial charge in [0.15, 0.2) is 0 Å². The van der Waals surface area contributed by atoms with Gasteiger partial charge in [-0.2, -0.15) is 0 Å². The first kappa shape index (κ1) is 18.0. The van der Waals surface area contributed by atoms with Crippen LogP contribution in [-0.2, 0) is 17.8 Å². The van der Waals surface area contributed by atoms with E-state index in [9.17, 15) is 4.79 Å². The summed E-state index contributed by atoms with van der Waals surface area (Å²) < 4.78 is 5.14. The SMILES string of the molecule is CCNCc1cccc(NC(=O)CCCc2ccc(OC)cc2)c1. The number of carbonyl (C=O) groups is 1. The van der Waals surface area contributed by atoms with Crippen LogP contribution in [0.5, 0.6) is 5.75 Å². The molecule has 0 heterocycles. The van der Waals surface area contributed by atoms with Crippen molar-refractivity contribution in [3.8, 4) is 5.75 Å². The van der Waals surface area contributed by atoms with E-state index in [2.05, 4.69) is 23.6 Å². The van der Waals surface area contributed by atoms with Crippen LogP contribution in [0.2, 0.25) is 0 Å². The lowest BCUT2D eigenvalue weighted by molar-refractivity contribution is -0.116. The number of rotatable bonds is 9. The topological polar surface area (TPSA) is 50.4 Å². The number of methoxy groups -OCH3 is 1. The van der Waals surface area contributed by atoms with E-state index >= 15 is 0 Å². The summed E-state index contributed by atoms with van der Waals surface area (Å²) >= 11 is 0. The zero-order valence-corrected chi connectivity index (χ0v) is 14.5. The number of amides is 1. The summed E-state index contributed by atoms with van der Waals surface area (Å²) in [7, 11) is 1.66. The Morgan fingerprint density at radius 1 is 1.08 bits per heavy atom. The summed E-state index contributed by atoms with van der Waals surface area (Å²) in [6.07, 6.45) is 2.23. The number of carbonyl (C=O) groups excluding carboxylic acids is 1. The number of anilines is 1. The predicted octanol–water partition coefficient (Wildman–Crippen LogP) is 3.77. The first-order valence-corrected chi connectivity index (χ1v) is 8.43. The summed E-state index contributed by atoms with van der Waals surface area (Å²) in [5.74, 6) is 0.915. The first-order valence-electron chi connectivity index (χ1n) is 8.43. The highest BCUT2D eigenvalue weighted by Gasteiger charge is 2.04. The van der Waals surface area contributed by atoms with Crippen molar-refractivity contribution in [3.05, 3.63) is 59.7 Å². The van der Waals surface area contributed by atoms with E-state index in [1.807, 2.05) is 42.5 Å². The van der Waals surface area contributed by atoms with Crippen molar-refractivity contribution in [2.24, 2.45) is 0 Å². The number of aryl methyl sites for hydroxylation is 1. The summed E-state index contributed by atoms with van der Waals surface area (Å²) in [5.41, 5.74) is 3.25. The second kappa shape index (κ2) is 9.73. The highest BCUT2D eigenvalue weighted by Crippen LogP contribution is 2.14. The molecule has 0 fully saturated rings. The van der Waals surface area contributed by atoms with Gasteiger partial charge >= 0.3 is 0 Å². The Bertz CT molecular complexity index is 638. The van der Waals surface area contributed by atoms with Crippen molar-refractivity contribution < 1.29 is 9.53 Å². The fourth-order valence-electron chi connectivity index (χ4n) is 2.50. The van der Waals surface area contributed by atoms with Gasteiger partial charge in [0, 0.05) is 18.7 Å².